The zero-order chi connectivity index (χ0) is 16.6. The average molecular weight is 327 g/mol. The molecule has 24 heavy (non-hydrogen) atoms. The van der Waals surface area contributed by atoms with Crippen LogP contribution >= 0.6 is 0 Å². The molecule has 3 amide bonds. The Morgan fingerprint density at radius 2 is 2.17 bits per heavy atom. The van der Waals surface area contributed by atoms with E-state index in [1.165, 1.54) is 30.4 Å². The summed E-state index contributed by atoms with van der Waals surface area (Å²) in [5.41, 5.74) is 3.26. The molecular formula is C19H25N3O2. The van der Waals surface area contributed by atoms with Crippen LogP contribution in [0.5, 0.6) is 0 Å². The van der Waals surface area contributed by atoms with Crippen molar-refractivity contribution in [3.63, 3.8) is 0 Å². The largest absolute Gasteiger partial charge is 0.354 e. The maximum atomic E-state index is 12.1. The van der Waals surface area contributed by atoms with Crippen LogP contribution in [0.3, 0.4) is 0 Å². The first-order valence-corrected chi connectivity index (χ1v) is 9.09. The van der Waals surface area contributed by atoms with Gasteiger partial charge < -0.3 is 16.0 Å². The second-order valence-electron chi connectivity index (χ2n) is 7.41. The van der Waals surface area contributed by atoms with E-state index in [0.717, 1.165) is 19.3 Å². The Bertz CT molecular complexity index is 660. The first-order valence-electron chi connectivity index (χ1n) is 9.09. The molecule has 0 unspecified atom stereocenters. The van der Waals surface area contributed by atoms with Crippen LogP contribution in [0.2, 0.25) is 0 Å². The number of piperidine rings is 1. The van der Waals surface area contributed by atoms with Gasteiger partial charge in [0.25, 0.3) is 0 Å². The fraction of sp³-hybridized carbons (Fsp3) is 0.579. The van der Waals surface area contributed by atoms with Crippen LogP contribution < -0.4 is 16.0 Å². The normalized spacial score (nSPS) is 31.1. The summed E-state index contributed by atoms with van der Waals surface area (Å²) in [7, 11) is 0. The third-order valence-corrected chi connectivity index (χ3v) is 5.95. The van der Waals surface area contributed by atoms with Gasteiger partial charge in [0.15, 0.2) is 0 Å². The minimum Gasteiger partial charge on any atom is -0.354 e. The molecule has 5 nitrogen and oxygen atoms in total. The summed E-state index contributed by atoms with van der Waals surface area (Å²) in [6.45, 7) is 1.40. The van der Waals surface area contributed by atoms with Gasteiger partial charge in [-0.15, -0.1) is 0 Å². The van der Waals surface area contributed by atoms with Crippen LogP contribution in [-0.4, -0.2) is 31.1 Å². The molecule has 3 aliphatic rings. The quantitative estimate of drug-likeness (QED) is 0.793. The van der Waals surface area contributed by atoms with Crippen molar-refractivity contribution in [1.29, 1.82) is 0 Å². The van der Waals surface area contributed by atoms with E-state index in [-0.39, 0.29) is 23.4 Å². The van der Waals surface area contributed by atoms with Gasteiger partial charge in [0.05, 0.1) is 0 Å². The summed E-state index contributed by atoms with van der Waals surface area (Å²) in [6.07, 6.45) is 6.44. The highest BCUT2D eigenvalue weighted by Crippen LogP contribution is 2.59. The van der Waals surface area contributed by atoms with Gasteiger partial charge in [-0.2, -0.15) is 0 Å². The molecule has 1 saturated carbocycles. The zero-order valence-electron chi connectivity index (χ0n) is 13.9. The summed E-state index contributed by atoms with van der Waals surface area (Å²) >= 11 is 0. The Morgan fingerprint density at radius 3 is 3.04 bits per heavy atom. The van der Waals surface area contributed by atoms with Gasteiger partial charge >= 0.3 is 6.03 Å². The fourth-order valence-corrected chi connectivity index (χ4v) is 4.57. The van der Waals surface area contributed by atoms with Crippen molar-refractivity contribution in [3.05, 3.63) is 35.4 Å². The van der Waals surface area contributed by atoms with Gasteiger partial charge in [0.2, 0.25) is 5.91 Å². The van der Waals surface area contributed by atoms with E-state index in [0.29, 0.717) is 19.0 Å². The van der Waals surface area contributed by atoms with Crippen LogP contribution in [0.25, 0.3) is 0 Å². The van der Waals surface area contributed by atoms with Crippen molar-refractivity contribution in [1.82, 2.24) is 16.0 Å². The molecule has 1 aliphatic heterocycles. The molecule has 0 radical (unpaired) electrons. The lowest BCUT2D eigenvalue weighted by molar-refractivity contribution is -0.124. The number of hydrogen-bond donors (Lipinski definition) is 3. The number of carbonyl (C=O) groups excluding carboxylic acids is 2. The third kappa shape index (κ3) is 2.76. The average Bonchev–Trinajstić information content (AvgIpc) is 3.29. The number of nitrogens with one attached hydrogen (secondary N) is 3. The molecule has 3 atom stereocenters. The standard InChI is InChI=1S/C19H25N3O2/c23-17-16(8-4-10-20-17)22-18(24)21-12-14-11-19(14)9-3-6-13-5-1-2-7-15(13)19/h1-2,5,7,14,16H,3-4,6,8-12H2,(H,20,23)(H2,21,22,24)/t14-,16+,19+/m0/s1. The topological polar surface area (TPSA) is 70.2 Å². The first kappa shape index (κ1) is 15.5. The lowest BCUT2D eigenvalue weighted by Crippen LogP contribution is -2.53. The number of urea groups is 1. The predicted molar refractivity (Wildman–Crippen MR) is 91.7 cm³/mol. The number of fused-ring (bicyclic) bond motifs is 2. The number of benzene rings is 1. The van der Waals surface area contributed by atoms with Gasteiger partial charge in [-0.3, -0.25) is 4.79 Å². The number of rotatable bonds is 3. The van der Waals surface area contributed by atoms with E-state index in [2.05, 4.69) is 40.2 Å². The van der Waals surface area contributed by atoms with Gasteiger partial charge in [-0.25, -0.2) is 4.79 Å². The molecule has 2 aliphatic carbocycles. The SMILES string of the molecule is O=C(NC[C@@H]1C[C@]12CCCc1ccccc12)N[C@@H]1CCCNC1=O. The fourth-order valence-electron chi connectivity index (χ4n) is 4.57. The molecule has 1 aromatic rings. The Kier molecular flexibility index (Phi) is 3.94. The minimum atomic E-state index is -0.387. The maximum absolute atomic E-state index is 12.1. The van der Waals surface area contributed by atoms with Gasteiger partial charge in [-0.1, -0.05) is 24.3 Å². The monoisotopic (exact) mass is 327 g/mol. The highest BCUT2D eigenvalue weighted by Gasteiger charge is 2.56. The number of amides is 3. The molecule has 0 aromatic heterocycles. The molecule has 1 spiro atoms. The highest BCUT2D eigenvalue weighted by atomic mass is 16.2. The second kappa shape index (κ2) is 6.11. The van der Waals surface area contributed by atoms with Crippen LogP contribution in [0.15, 0.2) is 24.3 Å². The van der Waals surface area contributed by atoms with Crippen LogP contribution in [0.4, 0.5) is 4.79 Å². The van der Waals surface area contributed by atoms with Crippen molar-refractivity contribution >= 4 is 11.9 Å². The van der Waals surface area contributed by atoms with Crippen molar-refractivity contribution < 1.29 is 9.59 Å². The van der Waals surface area contributed by atoms with E-state index in [9.17, 15) is 9.59 Å². The Labute approximate surface area is 142 Å². The Morgan fingerprint density at radius 1 is 1.29 bits per heavy atom. The van der Waals surface area contributed by atoms with E-state index in [4.69, 9.17) is 0 Å². The van der Waals surface area contributed by atoms with Gasteiger partial charge in [-0.05, 0) is 55.6 Å². The van der Waals surface area contributed by atoms with Gasteiger partial charge in [0, 0.05) is 18.5 Å². The van der Waals surface area contributed by atoms with E-state index in [1.54, 1.807) is 0 Å². The molecule has 5 heteroatoms. The molecular weight excluding hydrogens is 302 g/mol. The highest BCUT2D eigenvalue weighted by molar-refractivity contribution is 5.87. The number of hydrogen-bond acceptors (Lipinski definition) is 2. The second-order valence-corrected chi connectivity index (χ2v) is 7.41. The molecule has 2 fully saturated rings. The maximum Gasteiger partial charge on any atom is 0.315 e. The third-order valence-electron chi connectivity index (χ3n) is 5.95. The summed E-state index contributed by atoms with van der Waals surface area (Å²) in [5, 5.41) is 8.58. The lowest BCUT2D eigenvalue weighted by Gasteiger charge is -2.27. The molecule has 3 N–H and O–H groups in total. The summed E-state index contributed by atoms with van der Waals surface area (Å²) in [4.78, 5) is 23.8. The summed E-state index contributed by atoms with van der Waals surface area (Å²) in [6, 6.07) is 8.15. The number of aryl methyl sites for hydroxylation is 1. The lowest BCUT2D eigenvalue weighted by atomic mass is 9.78. The van der Waals surface area contributed by atoms with Crippen molar-refractivity contribution in [3.8, 4) is 0 Å². The smallest absolute Gasteiger partial charge is 0.315 e. The Hall–Kier alpha value is -2.04. The first-order chi connectivity index (χ1) is 11.7. The molecule has 1 aromatic carbocycles. The van der Waals surface area contributed by atoms with Crippen LogP contribution in [0, 0.1) is 5.92 Å². The zero-order valence-corrected chi connectivity index (χ0v) is 13.9. The summed E-state index contributed by atoms with van der Waals surface area (Å²) in [5.74, 6) is 0.449. The molecule has 4 rings (SSSR count). The minimum absolute atomic E-state index is 0.0690. The van der Waals surface area contributed by atoms with Crippen molar-refractivity contribution in [2.24, 2.45) is 5.92 Å². The van der Waals surface area contributed by atoms with Crippen LogP contribution in [-0.2, 0) is 16.6 Å². The number of carbonyl (C=O) groups is 2. The van der Waals surface area contributed by atoms with Crippen molar-refractivity contribution in [2.45, 2.75) is 50.0 Å². The van der Waals surface area contributed by atoms with E-state index >= 15 is 0 Å². The molecule has 0 bridgehead atoms. The molecule has 1 saturated heterocycles. The summed E-state index contributed by atoms with van der Waals surface area (Å²) < 4.78 is 0. The molecule has 1 heterocycles. The van der Waals surface area contributed by atoms with E-state index in [1.807, 2.05) is 0 Å². The van der Waals surface area contributed by atoms with Crippen LogP contribution in [0.1, 0.15) is 43.2 Å². The van der Waals surface area contributed by atoms with Crippen molar-refractivity contribution in [2.75, 3.05) is 13.1 Å². The van der Waals surface area contributed by atoms with E-state index < -0.39 is 0 Å². The van der Waals surface area contributed by atoms with Gasteiger partial charge in [0.1, 0.15) is 6.04 Å². The predicted octanol–water partition coefficient (Wildman–Crippen LogP) is 1.86. The molecule has 128 valence electrons. The Balaban J connectivity index is 1.32.